The molecule has 0 saturated carbocycles. The van der Waals surface area contributed by atoms with Gasteiger partial charge in [0.25, 0.3) is 5.56 Å². The van der Waals surface area contributed by atoms with E-state index in [2.05, 4.69) is 207 Å². The minimum atomic E-state index is -0.131. The van der Waals surface area contributed by atoms with Gasteiger partial charge in [0.15, 0.2) is 5.82 Å². The smallest absolute Gasteiger partial charge is 0.373 e. The number of nitrogens with one attached hydrogen (secondary N) is 3. The molecule has 3 aliphatic carbocycles. The van der Waals surface area contributed by atoms with E-state index in [0.717, 1.165) is 153 Å². The monoisotopic (exact) mass is 1420 g/mol. The van der Waals surface area contributed by atoms with Crippen molar-refractivity contribution >= 4 is 146 Å². The van der Waals surface area contributed by atoms with E-state index in [9.17, 15) is 4.79 Å². The van der Waals surface area contributed by atoms with Crippen LogP contribution in [-0.4, -0.2) is 106 Å². The molecule has 25 nitrogen and oxygen atoms in total. The Kier molecular flexibility index (Phi) is 22.4. The highest BCUT2D eigenvalue weighted by molar-refractivity contribution is 9.10. The van der Waals surface area contributed by atoms with Gasteiger partial charge < -0.3 is 39.3 Å². The van der Waals surface area contributed by atoms with Crippen molar-refractivity contribution < 1.29 is 38.2 Å². The largest absolute Gasteiger partial charge is 0.476 e. The third-order valence-electron chi connectivity index (χ3n) is 16.7. The highest BCUT2D eigenvalue weighted by Crippen LogP contribution is 2.38. The molecule has 5 N–H and O–H groups in total. The Labute approximate surface area is 588 Å². The molecule has 102 heavy (non-hydrogen) atoms. The van der Waals surface area contributed by atoms with Crippen LogP contribution in [0.2, 0.25) is 0 Å². The number of aromatic amines is 3. The third-order valence-corrected chi connectivity index (χ3v) is 17.1. The van der Waals surface area contributed by atoms with Crippen LogP contribution in [0.3, 0.4) is 0 Å². The Morgan fingerprint density at radius 2 is 0.990 bits per heavy atom. The minimum absolute atomic E-state index is 0.131. The number of nitrogen functional groups attached to an aromatic ring is 1. The van der Waals surface area contributed by atoms with Gasteiger partial charge in [0, 0.05) is 62.5 Å². The van der Waals surface area contributed by atoms with E-state index in [1.165, 1.54) is 40.6 Å². The van der Waals surface area contributed by atoms with Crippen molar-refractivity contribution in [2.75, 3.05) is 18.9 Å². The summed E-state index contributed by atoms with van der Waals surface area (Å²) >= 11 is 3.37. The number of anilines is 1. The molecule has 0 unspecified atom stereocenters. The summed E-state index contributed by atoms with van der Waals surface area (Å²) in [4.78, 5) is 113. The first-order chi connectivity index (χ1) is 49.8. The molecule has 3 aliphatic rings. The number of halogens is 1. The fraction of sp³-hybridized carbons (Fsp3) is 0.158. The molecule has 0 bridgehead atoms. The number of pyridine rings is 3. The van der Waals surface area contributed by atoms with E-state index < -0.39 is 0 Å². The molecule has 0 atom stereocenters. The Hall–Kier alpha value is -13.1. The van der Waals surface area contributed by atoms with Crippen LogP contribution in [0.15, 0.2) is 168 Å². The molecule has 11 aromatic heterocycles. The van der Waals surface area contributed by atoms with Crippen LogP contribution in [0.25, 0.3) is 117 Å². The van der Waals surface area contributed by atoms with Crippen LogP contribution in [0.5, 0.6) is 11.8 Å². The molecular formula is C76H63BrN16O9. The van der Waals surface area contributed by atoms with E-state index in [-0.39, 0.29) is 24.0 Å². The summed E-state index contributed by atoms with van der Waals surface area (Å²) < 4.78 is 16.7. The molecule has 26 heteroatoms. The topological polar surface area (TPSA) is 350 Å². The third kappa shape index (κ3) is 14.8. The lowest BCUT2D eigenvalue weighted by atomic mass is 10.1. The SMILES string of the molecule is Brc1cnc2c(c1)C=CC2.CCOc1ncnc2c1[nH]c1ccc(CC)cc12.CCOc1ncnc2c3cc(CC)ccc3n(-c3cnc4c(c3)C=CC4)c12.Cc1ccc2[nH]c3c(=O)[nH]cnc3c2c1.Nc1ncnc2c3ccccc3n(-c3cnc4c(c3)C=CC4)c12.O=C=O.O=C=O.O=C=O. The number of aryl methyl sites for hydroxylation is 3. The number of hydrogen-bond donors (Lipinski definition) is 4. The number of nitrogens with zero attached hydrogens (tertiary/aromatic N) is 12. The maximum absolute atomic E-state index is 11.5. The van der Waals surface area contributed by atoms with Gasteiger partial charge in [-0.25, -0.2) is 24.9 Å². The Balaban J connectivity index is 0.000000128. The first-order valence-electron chi connectivity index (χ1n) is 32.2. The zero-order chi connectivity index (χ0) is 71.8. The number of ether oxygens (including phenoxy) is 2. The molecule has 15 aromatic rings. The minimum Gasteiger partial charge on any atom is -0.476 e. The lowest BCUT2D eigenvalue weighted by Gasteiger charge is -2.11. The number of benzene rings is 4. The van der Waals surface area contributed by atoms with E-state index >= 15 is 0 Å². The van der Waals surface area contributed by atoms with E-state index in [4.69, 9.17) is 44.0 Å². The average Bonchev–Trinajstić information content (AvgIpc) is 1.61. The molecule has 508 valence electrons. The number of fused-ring (bicyclic) bond motifs is 15. The van der Waals surface area contributed by atoms with Gasteiger partial charge in [-0.1, -0.05) is 92.3 Å². The Bertz CT molecular complexity index is 5870. The lowest BCUT2D eigenvalue weighted by molar-refractivity contribution is -0.193. The van der Waals surface area contributed by atoms with Crippen molar-refractivity contribution in [3.05, 3.63) is 224 Å². The van der Waals surface area contributed by atoms with Crippen molar-refractivity contribution in [2.24, 2.45) is 0 Å². The molecule has 0 fully saturated rings. The Morgan fingerprint density at radius 1 is 0.500 bits per heavy atom. The molecule has 0 amide bonds. The summed E-state index contributed by atoms with van der Waals surface area (Å²) in [6.45, 7) is 11.4. The average molecular weight is 1420 g/mol. The summed E-state index contributed by atoms with van der Waals surface area (Å²) in [5.74, 6) is 1.70. The van der Waals surface area contributed by atoms with Crippen LogP contribution in [0.1, 0.15) is 78.2 Å². The highest BCUT2D eigenvalue weighted by Gasteiger charge is 2.22. The fourth-order valence-corrected chi connectivity index (χ4v) is 12.6. The van der Waals surface area contributed by atoms with Crippen LogP contribution in [0.4, 0.5) is 5.82 Å². The van der Waals surface area contributed by atoms with Gasteiger partial charge in [-0.05, 0) is 138 Å². The second-order valence-electron chi connectivity index (χ2n) is 22.7. The standard InChI is InChI=1S/C22H20N4O.C18H13N5.C14H15N3O.C11H9N3O.C8H6BrN.3CO2/c1-3-14-8-9-19-17(10-14)20-21(22(27-4-2)25-13-24-20)26(19)16-11-15-6-5-7-18(15)23-12-16;19-18-17-16(21-10-22-18)13-5-1-2-7-15(13)23(17)12-8-11-4-3-6-14(11)20-9-12;1-3-9-5-6-11-10(7-9)12-13(17-11)14(18-4-2)16-8-15-12;1-6-2-3-8-7(4-6)9-10(14-8)11(15)13-5-12-9;9-7-4-6-2-1-3-8(6)10-5-7;3*2-1-3/h5-6,8-13H,3-4,7H2,1-2H3;1-5,7-10H,6H2,(H2,19,21,22);5-8,17H,3-4H2,1-2H3;2-5,14H,1H3,(H,12,13,15);1-2,4-5H,3H2;;;. The number of nitrogens with two attached hydrogens (primary N) is 1. The zero-order valence-corrected chi connectivity index (χ0v) is 57.3. The summed E-state index contributed by atoms with van der Waals surface area (Å²) in [5.41, 5.74) is 29.5. The fourth-order valence-electron chi connectivity index (χ4n) is 12.2. The van der Waals surface area contributed by atoms with Gasteiger partial charge in [0.2, 0.25) is 11.8 Å². The highest BCUT2D eigenvalue weighted by atomic mass is 79.9. The number of aromatic nitrogens is 15. The van der Waals surface area contributed by atoms with Gasteiger partial charge in [-0.2, -0.15) is 38.7 Å². The number of rotatable bonds is 8. The van der Waals surface area contributed by atoms with E-state index in [1.807, 2.05) is 69.7 Å². The zero-order valence-electron chi connectivity index (χ0n) is 55.7. The molecule has 18 rings (SSSR count). The second kappa shape index (κ2) is 32.5. The summed E-state index contributed by atoms with van der Waals surface area (Å²) in [7, 11) is 0. The Morgan fingerprint density at radius 3 is 1.62 bits per heavy atom. The predicted molar refractivity (Wildman–Crippen MR) is 389 cm³/mol. The first-order valence-corrected chi connectivity index (χ1v) is 33.0. The summed E-state index contributed by atoms with van der Waals surface area (Å²) in [5, 5.41) is 4.31. The molecule has 0 spiro atoms. The van der Waals surface area contributed by atoms with Crippen LogP contribution in [0, 0.1) is 6.92 Å². The van der Waals surface area contributed by atoms with Crippen molar-refractivity contribution in [1.29, 1.82) is 0 Å². The molecule has 11 heterocycles. The molecule has 0 saturated heterocycles. The molecule has 4 aromatic carbocycles. The van der Waals surface area contributed by atoms with E-state index in [0.29, 0.717) is 36.3 Å². The van der Waals surface area contributed by atoms with Crippen molar-refractivity contribution in [1.82, 2.24) is 73.9 Å². The number of hydrogen-bond acceptors (Lipinski definition) is 20. The van der Waals surface area contributed by atoms with Crippen LogP contribution >= 0.6 is 15.9 Å². The van der Waals surface area contributed by atoms with Crippen molar-refractivity contribution in [3.8, 4) is 23.1 Å². The normalized spacial score (nSPS) is 11.5. The second-order valence-corrected chi connectivity index (χ2v) is 23.6. The molecular weight excluding hydrogens is 1360 g/mol. The molecule has 0 radical (unpaired) electrons. The van der Waals surface area contributed by atoms with Gasteiger partial charge in [0.05, 0.1) is 71.4 Å². The lowest BCUT2D eigenvalue weighted by Crippen LogP contribution is -2.05. The maximum Gasteiger partial charge on any atom is 0.373 e. The first kappa shape index (κ1) is 70.2. The van der Waals surface area contributed by atoms with Crippen LogP contribution in [-0.2, 0) is 60.9 Å². The van der Waals surface area contributed by atoms with Gasteiger partial charge in [0.1, 0.15) is 63.1 Å². The van der Waals surface area contributed by atoms with Gasteiger partial charge >= 0.3 is 18.5 Å². The number of carbonyl (C=O) groups excluding carboxylic acids is 6. The van der Waals surface area contributed by atoms with Gasteiger partial charge in [-0.3, -0.25) is 19.7 Å². The van der Waals surface area contributed by atoms with Crippen molar-refractivity contribution in [3.63, 3.8) is 0 Å². The summed E-state index contributed by atoms with van der Waals surface area (Å²) in [6.07, 6.45) is 30.0. The number of H-pyrrole nitrogens is 3. The van der Waals surface area contributed by atoms with Crippen molar-refractivity contribution in [2.45, 2.75) is 66.7 Å². The quantitative estimate of drug-likeness (QED) is 0.110. The number of para-hydroxylation sites is 1. The van der Waals surface area contributed by atoms with Crippen LogP contribution < -0.4 is 20.8 Å². The maximum atomic E-state index is 11.5. The molecule has 0 aliphatic heterocycles. The summed E-state index contributed by atoms with van der Waals surface area (Å²) in [6, 6.07) is 33.5. The van der Waals surface area contributed by atoms with E-state index in [1.54, 1.807) is 12.7 Å². The predicted octanol–water partition coefficient (Wildman–Crippen LogP) is 13.1. The number of allylic oxidation sites excluding steroid dienone is 3. The van der Waals surface area contributed by atoms with Gasteiger partial charge in [-0.15, -0.1) is 0 Å².